The highest BCUT2D eigenvalue weighted by atomic mass is 16.5. The summed E-state index contributed by atoms with van der Waals surface area (Å²) in [5.41, 5.74) is 2.61. The van der Waals surface area contributed by atoms with Crippen LogP contribution in [0.15, 0.2) is 54.6 Å². The van der Waals surface area contributed by atoms with E-state index in [1.807, 2.05) is 42.2 Å². The fourth-order valence-corrected chi connectivity index (χ4v) is 3.09. The van der Waals surface area contributed by atoms with E-state index in [4.69, 9.17) is 4.74 Å². The molecule has 1 amide bonds. The Morgan fingerprint density at radius 3 is 2.28 bits per heavy atom. The van der Waals surface area contributed by atoms with E-state index < -0.39 is 6.10 Å². The lowest BCUT2D eigenvalue weighted by molar-refractivity contribution is -0.139. The quantitative estimate of drug-likeness (QED) is 0.840. The van der Waals surface area contributed by atoms with Gasteiger partial charge in [-0.3, -0.25) is 9.69 Å². The van der Waals surface area contributed by atoms with Crippen molar-refractivity contribution in [3.8, 4) is 5.75 Å². The van der Waals surface area contributed by atoms with Gasteiger partial charge in [0.05, 0.1) is 0 Å². The van der Waals surface area contributed by atoms with Crippen molar-refractivity contribution >= 4 is 5.91 Å². The van der Waals surface area contributed by atoms with E-state index in [0.717, 1.165) is 38.5 Å². The van der Waals surface area contributed by atoms with Crippen molar-refractivity contribution in [2.45, 2.75) is 26.5 Å². The third-order valence-electron chi connectivity index (χ3n) is 4.61. The van der Waals surface area contributed by atoms with E-state index >= 15 is 0 Å². The van der Waals surface area contributed by atoms with Gasteiger partial charge in [0.15, 0.2) is 6.10 Å². The molecule has 0 saturated carbocycles. The highest BCUT2D eigenvalue weighted by molar-refractivity contribution is 5.81. The Morgan fingerprint density at radius 1 is 1.00 bits per heavy atom. The molecule has 1 aliphatic rings. The monoisotopic (exact) mass is 338 g/mol. The van der Waals surface area contributed by atoms with Crippen molar-refractivity contribution in [3.05, 3.63) is 65.7 Å². The van der Waals surface area contributed by atoms with Gasteiger partial charge in [0, 0.05) is 32.7 Å². The molecule has 25 heavy (non-hydrogen) atoms. The number of carbonyl (C=O) groups is 1. The maximum atomic E-state index is 12.6. The van der Waals surface area contributed by atoms with Gasteiger partial charge in [-0.2, -0.15) is 0 Å². The minimum atomic E-state index is -0.453. The first-order chi connectivity index (χ1) is 12.1. The molecule has 0 aromatic heterocycles. The number of carbonyl (C=O) groups excluding carboxylic acids is 1. The number of hydrogen-bond donors (Lipinski definition) is 0. The Bertz CT molecular complexity index is 677. The third-order valence-corrected chi connectivity index (χ3v) is 4.61. The highest BCUT2D eigenvalue weighted by Gasteiger charge is 2.26. The second-order valence-corrected chi connectivity index (χ2v) is 6.66. The van der Waals surface area contributed by atoms with Crippen LogP contribution in [0.2, 0.25) is 0 Å². The Labute approximate surface area is 150 Å². The first-order valence-electron chi connectivity index (χ1n) is 8.90. The average Bonchev–Trinajstić information content (AvgIpc) is 2.64. The van der Waals surface area contributed by atoms with Crippen LogP contribution < -0.4 is 4.74 Å². The Morgan fingerprint density at radius 2 is 1.64 bits per heavy atom. The molecule has 4 heteroatoms. The third kappa shape index (κ3) is 4.83. The van der Waals surface area contributed by atoms with Gasteiger partial charge in [-0.25, -0.2) is 0 Å². The molecule has 4 nitrogen and oxygen atoms in total. The Kier molecular flexibility index (Phi) is 5.71. The number of benzene rings is 2. The largest absolute Gasteiger partial charge is 0.481 e. The molecule has 2 aromatic carbocycles. The van der Waals surface area contributed by atoms with Crippen LogP contribution >= 0.6 is 0 Å². The molecule has 0 unspecified atom stereocenters. The highest BCUT2D eigenvalue weighted by Crippen LogP contribution is 2.14. The van der Waals surface area contributed by atoms with Crippen molar-refractivity contribution in [2.75, 3.05) is 26.2 Å². The van der Waals surface area contributed by atoms with Crippen molar-refractivity contribution in [1.29, 1.82) is 0 Å². The van der Waals surface area contributed by atoms with Gasteiger partial charge in [0.2, 0.25) is 0 Å². The van der Waals surface area contributed by atoms with Gasteiger partial charge >= 0.3 is 0 Å². The number of piperazine rings is 1. The summed E-state index contributed by atoms with van der Waals surface area (Å²) in [7, 11) is 0. The van der Waals surface area contributed by atoms with Crippen LogP contribution in [0.5, 0.6) is 5.75 Å². The SMILES string of the molecule is Cc1ccc(CN2CCN(C(=O)[C@@H](C)Oc3ccccc3)CC2)cc1. The molecule has 1 atom stereocenters. The molecule has 132 valence electrons. The maximum Gasteiger partial charge on any atom is 0.263 e. The van der Waals surface area contributed by atoms with E-state index in [-0.39, 0.29) is 5.91 Å². The summed E-state index contributed by atoms with van der Waals surface area (Å²) in [6.07, 6.45) is -0.453. The summed E-state index contributed by atoms with van der Waals surface area (Å²) in [6.45, 7) is 8.19. The molecule has 0 radical (unpaired) electrons. The number of para-hydroxylation sites is 1. The van der Waals surface area contributed by atoms with Crippen LogP contribution in [-0.2, 0) is 11.3 Å². The number of amides is 1. The van der Waals surface area contributed by atoms with Crippen molar-refractivity contribution in [3.63, 3.8) is 0 Å². The first-order valence-corrected chi connectivity index (χ1v) is 8.90. The van der Waals surface area contributed by atoms with Crippen LogP contribution in [0.1, 0.15) is 18.1 Å². The lowest BCUT2D eigenvalue weighted by Gasteiger charge is -2.35. The van der Waals surface area contributed by atoms with Gasteiger partial charge in [-0.1, -0.05) is 48.0 Å². The second kappa shape index (κ2) is 8.17. The molecule has 0 aliphatic carbocycles. The zero-order valence-corrected chi connectivity index (χ0v) is 15.0. The van der Waals surface area contributed by atoms with Crippen LogP contribution in [0, 0.1) is 6.92 Å². The number of nitrogens with zero attached hydrogens (tertiary/aromatic N) is 2. The molecule has 1 heterocycles. The van der Waals surface area contributed by atoms with Gasteiger partial charge in [0.25, 0.3) is 5.91 Å². The van der Waals surface area contributed by atoms with Gasteiger partial charge in [-0.05, 0) is 31.5 Å². The average molecular weight is 338 g/mol. The minimum absolute atomic E-state index is 0.0684. The van der Waals surface area contributed by atoms with Crippen molar-refractivity contribution < 1.29 is 9.53 Å². The molecule has 0 bridgehead atoms. The lowest BCUT2D eigenvalue weighted by Crippen LogP contribution is -2.51. The molecule has 1 saturated heterocycles. The lowest BCUT2D eigenvalue weighted by atomic mass is 10.1. The summed E-state index contributed by atoms with van der Waals surface area (Å²) in [6, 6.07) is 18.2. The molecule has 2 aromatic rings. The topological polar surface area (TPSA) is 32.8 Å². The summed E-state index contributed by atoms with van der Waals surface area (Å²) < 4.78 is 5.76. The molecular formula is C21H26N2O2. The predicted molar refractivity (Wildman–Crippen MR) is 99.6 cm³/mol. The van der Waals surface area contributed by atoms with Crippen LogP contribution in [0.25, 0.3) is 0 Å². The molecule has 0 N–H and O–H groups in total. The second-order valence-electron chi connectivity index (χ2n) is 6.66. The number of rotatable bonds is 5. The zero-order chi connectivity index (χ0) is 17.6. The summed E-state index contributed by atoms with van der Waals surface area (Å²) in [5, 5.41) is 0. The van der Waals surface area contributed by atoms with Crippen LogP contribution in [-0.4, -0.2) is 48.0 Å². The van der Waals surface area contributed by atoms with Crippen molar-refractivity contribution in [2.24, 2.45) is 0 Å². The fraction of sp³-hybridized carbons (Fsp3) is 0.381. The first kappa shape index (κ1) is 17.5. The molecule has 1 fully saturated rings. The van der Waals surface area contributed by atoms with E-state index in [0.29, 0.717) is 0 Å². The summed E-state index contributed by atoms with van der Waals surface area (Å²) >= 11 is 0. The van der Waals surface area contributed by atoms with Gasteiger partial charge in [-0.15, -0.1) is 0 Å². The standard InChI is InChI=1S/C21H26N2O2/c1-17-8-10-19(11-9-17)16-22-12-14-23(15-13-22)21(24)18(2)25-20-6-4-3-5-7-20/h3-11,18H,12-16H2,1-2H3/t18-/m1/s1. The number of aryl methyl sites for hydroxylation is 1. The Hall–Kier alpha value is -2.33. The van der Waals surface area contributed by atoms with E-state index in [9.17, 15) is 4.79 Å². The normalized spacial score (nSPS) is 16.5. The Balaban J connectivity index is 1.48. The molecule has 3 rings (SSSR count). The van der Waals surface area contributed by atoms with E-state index in [1.165, 1.54) is 11.1 Å². The van der Waals surface area contributed by atoms with Crippen LogP contribution in [0.3, 0.4) is 0 Å². The van der Waals surface area contributed by atoms with Gasteiger partial charge < -0.3 is 9.64 Å². The minimum Gasteiger partial charge on any atom is -0.481 e. The van der Waals surface area contributed by atoms with Crippen molar-refractivity contribution in [1.82, 2.24) is 9.80 Å². The smallest absolute Gasteiger partial charge is 0.263 e. The van der Waals surface area contributed by atoms with E-state index in [2.05, 4.69) is 36.1 Å². The number of ether oxygens (including phenoxy) is 1. The maximum absolute atomic E-state index is 12.6. The summed E-state index contributed by atoms with van der Waals surface area (Å²) in [4.78, 5) is 16.9. The van der Waals surface area contributed by atoms with E-state index in [1.54, 1.807) is 0 Å². The van der Waals surface area contributed by atoms with Crippen LogP contribution in [0.4, 0.5) is 0 Å². The summed E-state index contributed by atoms with van der Waals surface area (Å²) in [5.74, 6) is 0.806. The molecular weight excluding hydrogens is 312 g/mol. The van der Waals surface area contributed by atoms with Gasteiger partial charge in [0.1, 0.15) is 5.75 Å². The molecule has 0 spiro atoms. The predicted octanol–water partition coefficient (Wildman–Crippen LogP) is 3.11. The fourth-order valence-electron chi connectivity index (χ4n) is 3.09. The number of hydrogen-bond acceptors (Lipinski definition) is 3. The molecule has 1 aliphatic heterocycles. The zero-order valence-electron chi connectivity index (χ0n) is 15.0.